The Balaban J connectivity index is 1.53. The first-order valence-electron chi connectivity index (χ1n) is 9.25. The predicted molar refractivity (Wildman–Crippen MR) is 110 cm³/mol. The summed E-state index contributed by atoms with van der Waals surface area (Å²) in [6, 6.07) is 7.38. The molecule has 9 heteroatoms. The van der Waals surface area contributed by atoms with E-state index in [4.69, 9.17) is 21.1 Å². The molecule has 0 aliphatic carbocycles. The topological polar surface area (TPSA) is 67.9 Å². The second-order valence-corrected chi connectivity index (χ2v) is 9.00. The second-order valence-electron chi connectivity index (χ2n) is 6.83. The van der Waals surface area contributed by atoms with Crippen molar-refractivity contribution in [2.75, 3.05) is 33.9 Å². The largest absolute Gasteiger partial charge is 0.493 e. The minimum Gasteiger partial charge on any atom is -0.493 e. The van der Waals surface area contributed by atoms with Crippen LogP contribution in [0, 0.1) is 5.82 Å². The highest BCUT2D eigenvalue weighted by atomic mass is 35.5. The molecule has 29 heavy (non-hydrogen) atoms. The number of benzene rings is 2. The molecule has 0 unspecified atom stereocenters. The van der Waals surface area contributed by atoms with Gasteiger partial charge < -0.3 is 9.47 Å². The summed E-state index contributed by atoms with van der Waals surface area (Å²) in [6.07, 6.45) is 1.55. The first-order valence-corrected chi connectivity index (χ1v) is 11.1. The van der Waals surface area contributed by atoms with E-state index < -0.39 is 15.8 Å². The van der Waals surface area contributed by atoms with Crippen LogP contribution in [-0.4, -0.2) is 47.2 Å². The van der Waals surface area contributed by atoms with Crippen LogP contribution in [0.15, 0.2) is 35.2 Å². The molecule has 0 bridgehead atoms. The fourth-order valence-electron chi connectivity index (χ4n) is 3.37. The fourth-order valence-corrected chi connectivity index (χ4v) is 4.71. The molecule has 1 N–H and O–H groups in total. The van der Waals surface area contributed by atoms with Crippen molar-refractivity contribution in [2.45, 2.75) is 24.3 Å². The lowest BCUT2D eigenvalue weighted by molar-refractivity contribution is 0.250. The SMILES string of the molecule is COc1cc2c(cc1OC)CN(CCCNS(=O)(=O)c1ccc(F)c(Cl)c1)CC2. The molecule has 0 fully saturated rings. The lowest BCUT2D eigenvalue weighted by atomic mass is 9.98. The van der Waals surface area contributed by atoms with Crippen molar-refractivity contribution in [3.05, 3.63) is 52.3 Å². The third-order valence-electron chi connectivity index (χ3n) is 4.94. The average molecular weight is 443 g/mol. The van der Waals surface area contributed by atoms with Gasteiger partial charge in [-0.05, 0) is 60.8 Å². The Morgan fingerprint density at radius 1 is 1.14 bits per heavy atom. The normalized spacial score (nSPS) is 14.5. The molecular weight excluding hydrogens is 419 g/mol. The second kappa shape index (κ2) is 9.30. The summed E-state index contributed by atoms with van der Waals surface area (Å²) in [7, 11) is -0.476. The zero-order chi connectivity index (χ0) is 21.0. The first-order chi connectivity index (χ1) is 13.8. The molecule has 0 atom stereocenters. The Labute approximate surface area is 175 Å². The number of fused-ring (bicyclic) bond motifs is 1. The van der Waals surface area contributed by atoms with Gasteiger partial charge in [-0.25, -0.2) is 17.5 Å². The van der Waals surface area contributed by atoms with Crippen LogP contribution in [0.5, 0.6) is 11.5 Å². The summed E-state index contributed by atoms with van der Waals surface area (Å²) in [4.78, 5) is 2.23. The maximum Gasteiger partial charge on any atom is 0.240 e. The lowest BCUT2D eigenvalue weighted by Gasteiger charge is -2.29. The number of halogens is 2. The molecule has 2 aromatic rings. The van der Waals surface area contributed by atoms with Crippen LogP contribution >= 0.6 is 11.6 Å². The van der Waals surface area contributed by atoms with Gasteiger partial charge in [0.25, 0.3) is 0 Å². The monoisotopic (exact) mass is 442 g/mol. The maximum atomic E-state index is 13.2. The number of rotatable bonds is 8. The van der Waals surface area contributed by atoms with Gasteiger partial charge in [-0.2, -0.15) is 0 Å². The summed E-state index contributed by atoms with van der Waals surface area (Å²) in [6.45, 7) is 2.70. The van der Waals surface area contributed by atoms with Crippen molar-refractivity contribution in [3.8, 4) is 11.5 Å². The van der Waals surface area contributed by atoms with E-state index in [1.807, 2.05) is 12.1 Å². The maximum absolute atomic E-state index is 13.2. The quantitative estimate of drug-likeness (QED) is 0.636. The first kappa shape index (κ1) is 21.8. The molecule has 1 aliphatic heterocycles. The third kappa shape index (κ3) is 5.19. The van der Waals surface area contributed by atoms with Gasteiger partial charge in [0.1, 0.15) is 5.82 Å². The molecule has 3 rings (SSSR count). The molecule has 158 valence electrons. The molecule has 0 saturated heterocycles. The van der Waals surface area contributed by atoms with Crippen molar-refractivity contribution >= 4 is 21.6 Å². The summed E-state index contributed by atoms with van der Waals surface area (Å²) in [5.41, 5.74) is 2.43. The fraction of sp³-hybridized carbons (Fsp3) is 0.400. The molecule has 2 aromatic carbocycles. The zero-order valence-corrected chi connectivity index (χ0v) is 17.9. The van der Waals surface area contributed by atoms with Gasteiger partial charge in [-0.15, -0.1) is 0 Å². The van der Waals surface area contributed by atoms with Gasteiger partial charge in [0.05, 0.1) is 24.1 Å². The molecule has 6 nitrogen and oxygen atoms in total. The van der Waals surface area contributed by atoms with Gasteiger partial charge in [0, 0.05) is 19.6 Å². The Bertz CT molecular complexity index is 985. The summed E-state index contributed by atoms with van der Waals surface area (Å²) < 4.78 is 51.1. The highest BCUT2D eigenvalue weighted by Crippen LogP contribution is 2.33. The van der Waals surface area contributed by atoms with Crippen molar-refractivity contribution in [1.29, 1.82) is 0 Å². The van der Waals surface area contributed by atoms with Gasteiger partial charge in [-0.3, -0.25) is 4.90 Å². The molecule has 0 amide bonds. The number of nitrogens with zero attached hydrogens (tertiary/aromatic N) is 1. The smallest absolute Gasteiger partial charge is 0.240 e. The van der Waals surface area contributed by atoms with E-state index in [9.17, 15) is 12.8 Å². The van der Waals surface area contributed by atoms with Crippen LogP contribution < -0.4 is 14.2 Å². The van der Waals surface area contributed by atoms with Crippen molar-refractivity contribution in [2.24, 2.45) is 0 Å². The lowest BCUT2D eigenvalue weighted by Crippen LogP contribution is -2.33. The van der Waals surface area contributed by atoms with Crippen LogP contribution in [-0.2, 0) is 23.0 Å². The number of methoxy groups -OCH3 is 2. The van der Waals surface area contributed by atoms with E-state index >= 15 is 0 Å². The van der Waals surface area contributed by atoms with E-state index in [2.05, 4.69) is 9.62 Å². The summed E-state index contributed by atoms with van der Waals surface area (Å²) >= 11 is 5.67. The summed E-state index contributed by atoms with van der Waals surface area (Å²) in [5.74, 6) is 0.791. The Kier molecular flexibility index (Phi) is 7.00. The van der Waals surface area contributed by atoms with Gasteiger partial charge >= 0.3 is 0 Å². The van der Waals surface area contributed by atoms with Crippen molar-refractivity contribution in [1.82, 2.24) is 9.62 Å². The molecular formula is C20H24ClFN2O4S. The Morgan fingerprint density at radius 2 is 1.83 bits per heavy atom. The van der Waals surface area contributed by atoms with E-state index in [1.54, 1.807) is 14.2 Å². The number of sulfonamides is 1. The third-order valence-corrected chi connectivity index (χ3v) is 6.69. The van der Waals surface area contributed by atoms with Crippen LogP contribution in [0.4, 0.5) is 4.39 Å². The predicted octanol–water partition coefficient (Wildman–Crippen LogP) is 3.22. The summed E-state index contributed by atoms with van der Waals surface area (Å²) in [5, 5.41) is -0.216. The number of hydrogen-bond acceptors (Lipinski definition) is 5. The van der Waals surface area contributed by atoms with Gasteiger partial charge in [-0.1, -0.05) is 11.6 Å². The minimum absolute atomic E-state index is 0.0446. The molecule has 0 radical (unpaired) electrons. The molecule has 0 aromatic heterocycles. The van der Waals surface area contributed by atoms with Crippen molar-refractivity contribution < 1.29 is 22.3 Å². The minimum atomic E-state index is -3.72. The van der Waals surface area contributed by atoms with Crippen molar-refractivity contribution in [3.63, 3.8) is 0 Å². The van der Waals surface area contributed by atoms with E-state index in [0.717, 1.165) is 43.9 Å². The molecule has 0 spiro atoms. The Hall–Kier alpha value is -1.87. The molecule has 0 saturated carbocycles. The average Bonchev–Trinajstić information content (AvgIpc) is 2.71. The van der Waals surface area contributed by atoms with E-state index in [0.29, 0.717) is 12.2 Å². The zero-order valence-electron chi connectivity index (χ0n) is 16.4. The Morgan fingerprint density at radius 3 is 2.48 bits per heavy atom. The van der Waals surface area contributed by atoms with Gasteiger partial charge in [0.2, 0.25) is 10.0 Å². The van der Waals surface area contributed by atoms with E-state index in [1.165, 1.54) is 17.2 Å². The van der Waals surface area contributed by atoms with Crippen LogP contribution in [0.3, 0.4) is 0 Å². The molecule has 1 heterocycles. The number of ether oxygens (including phenoxy) is 2. The van der Waals surface area contributed by atoms with E-state index in [-0.39, 0.29) is 16.5 Å². The van der Waals surface area contributed by atoms with Crippen LogP contribution in [0.25, 0.3) is 0 Å². The number of hydrogen-bond donors (Lipinski definition) is 1. The highest BCUT2D eigenvalue weighted by Gasteiger charge is 2.20. The number of nitrogens with one attached hydrogen (secondary N) is 1. The standard InChI is InChI=1S/C20H24ClFN2O4S/c1-27-19-10-14-6-9-24(13-15(14)11-20(19)28-2)8-3-7-23-29(25,26)16-4-5-18(22)17(21)12-16/h4-5,10-12,23H,3,6-9,13H2,1-2H3. The van der Waals surface area contributed by atoms with Crippen LogP contribution in [0.1, 0.15) is 17.5 Å². The van der Waals surface area contributed by atoms with Gasteiger partial charge in [0.15, 0.2) is 11.5 Å². The molecule has 1 aliphatic rings. The highest BCUT2D eigenvalue weighted by molar-refractivity contribution is 7.89. The van der Waals surface area contributed by atoms with Crippen LogP contribution in [0.2, 0.25) is 5.02 Å².